The Hall–Kier alpha value is -1.42. The van der Waals surface area contributed by atoms with Gasteiger partial charge in [0.2, 0.25) is 5.88 Å². The van der Waals surface area contributed by atoms with Crippen molar-refractivity contribution >= 4 is 5.97 Å². The van der Waals surface area contributed by atoms with Crippen molar-refractivity contribution in [1.82, 2.24) is 4.98 Å². The van der Waals surface area contributed by atoms with Crippen LogP contribution in [0.2, 0.25) is 0 Å². The summed E-state index contributed by atoms with van der Waals surface area (Å²) in [6, 6.07) is 5.32. The van der Waals surface area contributed by atoms with Gasteiger partial charge in [-0.25, -0.2) is 4.98 Å². The van der Waals surface area contributed by atoms with E-state index in [-0.39, 0.29) is 5.97 Å². The van der Waals surface area contributed by atoms with E-state index in [4.69, 9.17) is 9.47 Å². The number of methoxy groups -OCH3 is 1. The number of carbonyl (C=O) groups is 1. The average Bonchev–Trinajstić information content (AvgIpc) is 2.14. The van der Waals surface area contributed by atoms with E-state index >= 15 is 0 Å². The molecule has 1 rings (SSSR count). The lowest BCUT2D eigenvalue weighted by molar-refractivity contribution is -0.132. The van der Waals surface area contributed by atoms with E-state index in [2.05, 4.69) is 4.98 Å². The normalized spacial score (nSPS) is 9.86. The monoisotopic (exact) mass is 195 g/mol. The van der Waals surface area contributed by atoms with Crippen LogP contribution >= 0.6 is 0 Å². The highest BCUT2D eigenvalue weighted by molar-refractivity contribution is 5.68. The first-order chi connectivity index (χ1) is 6.72. The van der Waals surface area contributed by atoms with Gasteiger partial charge in [-0.1, -0.05) is 6.07 Å². The standard InChI is InChI=1S/C10H13NO3/c1-8(12)14-10-5-3-4-9(11-10)6-7-13-2/h3-5H,6-7H2,1-2H3. The molecule has 0 saturated carbocycles. The number of ether oxygens (including phenoxy) is 2. The first-order valence-electron chi connectivity index (χ1n) is 4.35. The van der Waals surface area contributed by atoms with Gasteiger partial charge < -0.3 is 9.47 Å². The highest BCUT2D eigenvalue weighted by atomic mass is 16.5. The van der Waals surface area contributed by atoms with Crippen LogP contribution in [0.15, 0.2) is 18.2 Å². The molecule has 0 spiro atoms. The molecule has 4 heteroatoms. The van der Waals surface area contributed by atoms with E-state index in [9.17, 15) is 4.79 Å². The third-order valence-electron chi connectivity index (χ3n) is 1.59. The van der Waals surface area contributed by atoms with Crippen LogP contribution in [0.25, 0.3) is 0 Å². The molecule has 0 aliphatic heterocycles. The molecule has 0 saturated heterocycles. The van der Waals surface area contributed by atoms with Crippen molar-refractivity contribution in [3.05, 3.63) is 23.9 Å². The van der Waals surface area contributed by atoms with E-state index < -0.39 is 0 Å². The Kier molecular flexibility index (Phi) is 4.07. The zero-order valence-corrected chi connectivity index (χ0v) is 8.32. The predicted octanol–water partition coefficient (Wildman–Crippen LogP) is 1.20. The average molecular weight is 195 g/mol. The van der Waals surface area contributed by atoms with Gasteiger partial charge in [0.1, 0.15) is 0 Å². The number of esters is 1. The Morgan fingerprint density at radius 2 is 2.29 bits per heavy atom. The molecule has 0 radical (unpaired) electrons. The van der Waals surface area contributed by atoms with Gasteiger partial charge in [-0.15, -0.1) is 0 Å². The Bertz CT molecular complexity index is 312. The zero-order chi connectivity index (χ0) is 10.4. The van der Waals surface area contributed by atoms with Crippen molar-refractivity contribution in [2.24, 2.45) is 0 Å². The molecule has 4 nitrogen and oxygen atoms in total. The van der Waals surface area contributed by atoms with Gasteiger partial charge in [-0.2, -0.15) is 0 Å². The van der Waals surface area contributed by atoms with Crippen molar-refractivity contribution < 1.29 is 14.3 Å². The van der Waals surface area contributed by atoms with Gasteiger partial charge in [0.05, 0.1) is 6.61 Å². The van der Waals surface area contributed by atoms with Crippen LogP contribution in [0, 0.1) is 0 Å². The van der Waals surface area contributed by atoms with E-state index in [1.807, 2.05) is 6.07 Å². The minimum atomic E-state index is -0.360. The number of hydrogen-bond acceptors (Lipinski definition) is 4. The Labute approximate surface area is 82.9 Å². The van der Waals surface area contributed by atoms with Gasteiger partial charge in [0.25, 0.3) is 0 Å². The van der Waals surface area contributed by atoms with Crippen LogP contribution in [-0.2, 0) is 16.0 Å². The second-order valence-corrected chi connectivity index (χ2v) is 2.80. The van der Waals surface area contributed by atoms with Crippen molar-refractivity contribution in [2.45, 2.75) is 13.3 Å². The number of nitrogens with zero attached hydrogens (tertiary/aromatic N) is 1. The molecule has 0 amide bonds. The van der Waals surface area contributed by atoms with Crippen molar-refractivity contribution in [2.75, 3.05) is 13.7 Å². The second kappa shape index (κ2) is 5.34. The van der Waals surface area contributed by atoms with Crippen molar-refractivity contribution in [1.29, 1.82) is 0 Å². The van der Waals surface area contributed by atoms with Gasteiger partial charge in [0, 0.05) is 32.2 Å². The largest absolute Gasteiger partial charge is 0.408 e. The van der Waals surface area contributed by atoms with E-state index in [0.29, 0.717) is 18.9 Å². The Morgan fingerprint density at radius 1 is 1.50 bits per heavy atom. The molecule has 0 N–H and O–H groups in total. The number of hydrogen-bond donors (Lipinski definition) is 0. The zero-order valence-electron chi connectivity index (χ0n) is 8.32. The predicted molar refractivity (Wildman–Crippen MR) is 51.1 cm³/mol. The fraction of sp³-hybridized carbons (Fsp3) is 0.400. The quantitative estimate of drug-likeness (QED) is 0.677. The number of rotatable bonds is 4. The summed E-state index contributed by atoms with van der Waals surface area (Å²) in [4.78, 5) is 14.8. The molecule has 14 heavy (non-hydrogen) atoms. The maximum atomic E-state index is 10.7. The summed E-state index contributed by atoms with van der Waals surface area (Å²) < 4.78 is 9.76. The maximum Gasteiger partial charge on any atom is 0.309 e. The number of carbonyl (C=O) groups excluding carboxylic acids is 1. The van der Waals surface area contributed by atoms with Gasteiger partial charge in [-0.3, -0.25) is 4.79 Å². The van der Waals surface area contributed by atoms with Gasteiger partial charge >= 0.3 is 5.97 Å². The van der Waals surface area contributed by atoms with Crippen LogP contribution in [0.5, 0.6) is 5.88 Å². The van der Waals surface area contributed by atoms with Crippen LogP contribution in [0.1, 0.15) is 12.6 Å². The smallest absolute Gasteiger partial charge is 0.309 e. The molecule has 0 atom stereocenters. The van der Waals surface area contributed by atoms with Gasteiger partial charge in [0.15, 0.2) is 0 Å². The minimum Gasteiger partial charge on any atom is -0.408 e. The summed E-state index contributed by atoms with van der Waals surface area (Å²) in [7, 11) is 1.63. The fourth-order valence-corrected chi connectivity index (χ4v) is 1.01. The van der Waals surface area contributed by atoms with Crippen molar-refractivity contribution in [3.63, 3.8) is 0 Å². The number of aromatic nitrogens is 1. The first-order valence-corrected chi connectivity index (χ1v) is 4.35. The second-order valence-electron chi connectivity index (χ2n) is 2.80. The lowest BCUT2D eigenvalue weighted by atomic mass is 10.3. The molecule has 0 aromatic carbocycles. The third kappa shape index (κ3) is 3.53. The molecule has 76 valence electrons. The van der Waals surface area contributed by atoms with E-state index in [1.54, 1.807) is 19.2 Å². The summed E-state index contributed by atoms with van der Waals surface area (Å²) in [5, 5.41) is 0. The molecule has 0 bridgehead atoms. The highest BCUT2D eigenvalue weighted by Crippen LogP contribution is 2.08. The highest BCUT2D eigenvalue weighted by Gasteiger charge is 2.00. The molecule has 1 aromatic heterocycles. The Balaban J connectivity index is 2.63. The summed E-state index contributed by atoms with van der Waals surface area (Å²) in [5.41, 5.74) is 0.852. The minimum absolute atomic E-state index is 0.339. The molecular weight excluding hydrogens is 182 g/mol. The topological polar surface area (TPSA) is 48.4 Å². The van der Waals surface area contributed by atoms with Crippen LogP contribution in [0.3, 0.4) is 0 Å². The molecule has 0 unspecified atom stereocenters. The first kappa shape index (κ1) is 10.7. The summed E-state index contributed by atoms with van der Waals surface area (Å²) in [5.74, 6) is -0.0208. The third-order valence-corrected chi connectivity index (χ3v) is 1.59. The fourth-order valence-electron chi connectivity index (χ4n) is 1.01. The SMILES string of the molecule is COCCc1cccc(OC(C)=O)n1. The molecule has 1 heterocycles. The van der Waals surface area contributed by atoms with E-state index in [0.717, 1.165) is 5.69 Å². The maximum absolute atomic E-state index is 10.7. The molecule has 0 aliphatic rings. The Morgan fingerprint density at radius 3 is 2.93 bits per heavy atom. The lowest BCUT2D eigenvalue weighted by Gasteiger charge is -2.02. The van der Waals surface area contributed by atoms with Crippen LogP contribution in [-0.4, -0.2) is 24.7 Å². The molecule has 0 fully saturated rings. The van der Waals surface area contributed by atoms with E-state index in [1.165, 1.54) is 6.92 Å². The molecular formula is C10H13NO3. The van der Waals surface area contributed by atoms with Crippen LogP contribution in [0.4, 0.5) is 0 Å². The summed E-state index contributed by atoms with van der Waals surface area (Å²) in [6.07, 6.45) is 0.714. The van der Waals surface area contributed by atoms with Crippen molar-refractivity contribution in [3.8, 4) is 5.88 Å². The lowest BCUT2D eigenvalue weighted by Crippen LogP contribution is -2.05. The summed E-state index contributed by atoms with van der Waals surface area (Å²) >= 11 is 0. The number of pyridine rings is 1. The molecule has 0 aliphatic carbocycles. The summed E-state index contributed by atoms with van der Waals surface area (Å²) in [6.45, 7) is 1.96. The van der Waals surface area contributed by atoms with Gasteiger partial charge in [-0.05, 0) is 6.07 Å². The molecule has 1 aromatic rings. The van der Waals surface area contributed by atoms with Crippen LogP contribution < -0.4 is 4.74 Å².